The van der Waals surface area contributed by atoms with Crippen LogP contribution < -0.4 is 10.5 Å². The number of aromatic nitrogens is 1. The van der Waals surface area contributed by atoms with Gasteiger partial charge in [-0.25, -0.2) is 4.98 Å². The van der Waals surface area contributed by atoms with Crippen molar-refractivity contribution in [3.63, 3.8) is 0 Å². The van der Waals surface area contributed by atoms with E-state index in [0.717, 1.165) is 12.8 Å². The highest BCUT2D eigenvalue weighted by molar-refractivity contribution is 5.93. The van der Waals surface area contributed by atoms with Gasteiger partial charge in [0.2, 0.25) is 5.91 Å². The molecule has 2 aliphatic rings. The largest absolute Gasteiger partial charge is 0.489 e. The lowest BCUT2D eigenvalue weighted by molar-refractivity contribution is -0.185. The van der Waals surface area contributed by atoms with Crippen LogP contribution in [0.25, 0.3) is 0 Å². The molecule has 6 nitrogen and oxygen atoms in total. The van der Waals surface area contributed by atoms with E-state index in [1.807, 2.05) is 0 Å². The maximum Gasteiger partial charge on any atom is 0.391 e. The number of carbonyl (C=O) groups excluding carboxylic acids is 2. The fraction of sp³-hybridized carbons (Fsp3) is 0.632. The van der Waals surface area contributed by atoms with Gasteiger partial charge in [0.15, 0.2) is 11.4 Å². The van der Waals surface area contributed by atoms with Gasteiger partial charge in [-0.2, -0.15) is 13.2 Å². The van der Waals surface area contributed by atoms with Crippen LogP contribution in [0.15, 0.2) is 18.3 Å². The van der Waals surface area contributed by atoms with Gasteiger partial charge in [0.1, 0.15) is 6.61 Å². The SMILES string of the molecule is NC(=O)c1ncccc1OC[C@H]1CCCN1C(=O)[C@H]1CC[C@H](C(F)(F)F)CC1. The van der Waals surface area contributed by atoms with Crippen molar-refractivity contribution < 1.29 is 27.5 Å². The number of nitrogens with zero attached hydrogens (tertiary/aromatic N) is 2. The molecule has 2 N–H and O–H groups in total. The summed E-state index contributed by atoms with van der Waals surface area (Å²) in [5, 5.41) is 0. The molecule has 9 heteroatoms. The van der Waals surface area contributed by atoms with Crippen LogP contribution in [-0.4, -0.2) is 47.1 Å². The van der Waals surface area contributed by atoms with Crippen molar-refractivity contribution in [1.29, 1.82) is 0 Å². The molecule has 1 aliphatic carbocycles. The quantitative estimate of drug-likeness (QED) is 0.825. The number of hydrogen-bond donors (Lipinski definition) is 1. The molecule has 0 aromatic carbocycles. The Morgan fingerprint density at radius 3 is 2.57 bits per heavy atom. The minimum absolute atomic E-state index is 0.00652. The lowest BCUT2D eigenvalue weighted by atomic mass is 9.81. The Hall–Kier alpha value is -2.32. The zero-order valence-corrected chi connectivity index (χ0v) is 15.5. The first kappa shape index (κ1) is 20.4. The molecule has 2 amide bonds. The Morgan fingerprint density at radius 2 is 1.93 bits per heavy atom. The Balaban J connectivity index is 1.58. The summed E-state index contributed by atoms with van der Waals surface area (Å²) in [7, 11) is 0. The van der Waals surface area contributed by atoms with Gasteiger partial charge in [-0.1, -0.05) is 0 Å². The lowest BCUT2D eigenvalue weighted by Gasteiger charge is -2.33. The van der Waals surface area contributed by atoms with E-state index in [0.29, 0.717) is 6.54 Å². The number of rotatable bonds is 5. The first-order valence-corrected chi connectivity index (χ1v) is 9.52. The van der Waals surface area contributed by atoms with Gasteiger partial charge in [-0.15, -0.1) is 0 Å². The summed E-state index contributed by atoms with van der Waals surface area (Å²) in [6.45, 7) is 0.761. The summed E-state index contributed by atoms with van der Waals surface area (Å²) in [5.41, 5.74) is 5.32. The number of halogens is 3. The molecule has 0 spiro atoms. The fourth-order valence-corrected chi connectivity index (χ4v) is 4.08. The van der Waals surface area contributed by atoms with Crippen LogP contribution in [0, 0.1) is 11.8 Å². The van der Waals surface area contributed by atoms with Gasteiger partial charge in [-0.3, -0.25) is 9.59 Å². The van der Waals surface area contributed by atoms with Crippen molar-refractivity contribution in [2.24, 2.45) is 17.6 Å². The lowest BCUT2D eigenvalue weighted by Crippen LogP contribution is -2.44. The van der Waals surface area contributed by atoms with Crippen molar-refractivity contribution in [2.75, 3.05) is 13.2 Å². The zero-order valence-electron chi connectivity index (χ0n) is 15.5. The Labute approximate surface area is 161 Å². The molecule has 1 aromatic rings. The predicted molar refractivity (Wildman–Crippen MR) is 94.5 cm³/mol. The Kier molecular flexibility index (Phi) is 6.10. The van der Waals surface area contributed by atoms with E-state index in [4.69, 9.17) is 10.5 Å². The minimum Gasteiger partial charge on any atom is -0.489 e. The van der Waals surface area contributed by atoms with E-state index in [1.54, 1.807) is 17.0 Å². The summed E-state index contributed by atoms with van der Waals surface area (Å²) in [6, 6.07) is 3.04. The number of ether oxygens (including phenoxy) is 1. The maximum absolute atomic E-state index is 12.9. The van der Waals surface area contributed by atoms with E-state index < -0.39 is 18.0 Å². The normalized spacial score (nSPS) is 25.5. The van der Waals surface area contributed by atoms with Crippen molar-refractivity contribution >= 4 is 11.8 Å². The number of amides is 2. The third-order valence-corrected chi connectivity index (χ3v) is 5.63. The third-order valence-electron chi connectivity index (χ3n) is 5.63. The molecule has 0 unspecified atom stereocenters. The molecule has 0 bridgehead atoms. The smallest absolute Gasteiger partial charge is 0.391 e. The molecule has 3 rings (SSSR count). The standard InChI is InChI=1S/C19H24F3N3O3/c20-19(21,22)13-7-5-12(6-8-13)18(27)25-10-2-3-14(25)11-28-15-4-1-9-24-16(15)17(23)26/h1,4,9,12-14H,2-3,5-8,10-11H2,(H2,23,26)/t12-,13-,14-/m1/s1. The summed E-state index contributed by atoms with van der Waals surface area (Å²) in [4.78, 5) is 29.9. The number of nitrogens with two attached hydrogens (primary N) is 1. The highest BCUT2D eigenvalue weighted by atomic mass is 19.4. The van der Waals surface area contributed by atoms with Crippen LogP contribution in [0.1, 0.15) is 49.0 Å². The average molecular weight is 399 g/mol. The molecule has 2 heterocycles. The van der Waals surface area contributed by atoms with Crippen molar-refractivity contribution in [3.8, 4) is 5.75 Å². The number of pyridine rings is 1. The number of carbonyl (C=O) groups is 2. The summed E-state index contributed by atoms with van der Waals surface area (Å²) in [6.07, 6.45) is -0.638. The highest BCUT2D eigenvalue weighted by Gasteiger charge is 2.44. The van der Waals surface area contributed by atoms with Crippen LogP contribution >= 0.6 is 0 Å². The van der Waals surface area contributed by atoms with Gasteiger partial charge < -0.3 is 15.4 Å². The summed E-state index contributed by atoms with van der Waals surface area (Å²) < 4.78 is 44.2. The van der Waals surface area contributed by atoms with E-state index >= 15 is 0 Å². The van der Waals surface area contributed by atoms with Gasteiger partial charge in [0, 0.05) is 18.7 Å². The van der Waals surface area contributed by atoms with E-state index in [-0.39, 0.29) is 61.6 Å². The summed E-state index contributed by atoms with van der Waals surface area (Å²) in [5.74, 6) is -2.18. The molecule has 0 radical (unpaired) electrons. The molecule has 1 aliphatic heterocycles. The number of primary amides is 1. The molecular formula is C19H24F3N3O3. The predicted octanol–water partition coefficient (Wildman–Crippen LogP) is 2.92. The molecule has 1 aromatic heterocycles. The molecule has 1 atom stereocenters. The molecule has 1 saturated heterocycles. The molecule has 1 saturated carbocycles. The summed E-state index contributed by atoms with van der Waals surface area (Å²) >= 11 is 0. The van der Waals surface area contributed by atoms with Crippen molar-refractivity contribution in [3.05, 3.63) is 24.0 Å². The van der Waals surface area contributed by atoms with E-state index in [2.05, 4.69) is 4.98 Å². The molecule has 28 heavy (non-hydrogen) atoms. The maximum atomic E-state index is 12.9. The van der Waals surface area contributed by atoms with Gasteiger partial charge >= 0.3 is 6.18 Å². The molecule has 2 fully saturated rings. The average Bonchev–Trinajstić information content (AvgIpc) is 3.14. The minimum atomic E-state index is -4.18. The van der Waals surface area contributed by atoms with Crippen molar-refractivity contribution in [2.45, 2.75) is 50.7 Å². The van der Waals surface area contributed by atoms with E-state index in [1.165, 1.54) is 6.20 Å². The first-order valence-electron chi connectivity index (χ1n) is 9.52. The third kappa shape index (κ3) is 4.56. The first-order chi connectivity index (χ1) is 13.3. The van der Waals surface area contributed by atoms with Crippen LogP contribution in [0.5, 0.6) is 5.75 Å². The monoisotopic (exact) mass is 399 g/mol. The highest BCUT2D eigenvalue weighted by Crippen LogP contribution is 2.40. The van der Waals surface area contributed by atoms with E-state index in [9.17, 15) is 22.8 Å². The topological polar surface area (TPSA) is 85.5 Å². The van der Waals surface area contributed by atoms with Crippen LogP contribution in [0.3, 0.4) is 0 Å². The van der Waals surface area contributed by atoms with Gasteiger partial charge in [0.05, 0.1) is 12.0 Å². The van der Waals surface area contributed by atoms with Crippen LogP contribution in [0.2, 0.25) is 0 Å². The van der Waals surface area contributed by atoms with Crippen molar-refractivity contribution in [1.82, 2.24) is 9.88 Å². The Bertz CT molecular complexity index is 718. The Morgan fingerprint density at radius 1 is 1.21 bits per heavy atom. The number of hydrogen-bond acceptors (Lipinski definition) is 4. The zero-order chi connectivity index (χ0) is 20.3. The second kappa shape index (κ2) is 8.36. The van der Waals surface area contributed by atoms with Gasteiger partial charge in [-0.05, 0) is 50.7 Å². The molecule has 154 valence electrons. The second-order valence-corrected chi connectivity index (χ2v) is 7.44. The number of alkyl halides is 3. The number of likely N-dealkylation sites (tertiary alicyclic amines) is 1. The van der Waals surface area contributed by atoms with Crippen LogP contribution in [-0.2, 0) is 4.79 Å². The second-order valence-electron chi connectivity index (χ2n) is 7.44. The fourth-order valence-electron chi connectivity index (χ4n) is 4.08. The van der Waals surface area contributed by atoms with Crippen LogP contribution in [0.4, 0.5) is 13.2 Å². The molecular weight excluding hydrogens is 375 g/mol. The van der Waals surface area contributed by atoms with Gasteiger partial charge in [0.25, 0.3) is 5.91 Å².